The molecule has 1 N–H and O–H groups in total. The van der Waals surface area contributed by atoms with E-state index in [-0.39, 0.29) is 5.91 Å². The van der Waals surface area contributed by atoms with Crippen molar-refractivity contribution in [3.05, 3.63) is 59.2 Å². The number of aryl methyl sites for hydroxylation is 2. The molecule has 2 aromatic rings. The van der Waals surface area contributed by atoms with Crippen molar-refractivity contribution < 1.29 is 9.53 Å². The third kappa shape index (κ3) is 4.35. The minimum absolute atomic E-state index is 0.0344. The van der Waals surface area contributed by atoms with Crippen LogP contribution < -0.4 is 10.1 Å². The molecule has 0 heterocycles. The van der Waals surface area contributed by atoms with Crippen LogP contribution in [-0.2, 0) is 11.2 Å². The molecule has 23 heavy (non-hydrogen) atoms. The average molecular weight is 311 g/mol. The Labute approximate surface area is 138 Å². The lowest BCUT2D eigenvalue weighted by molar-refractivity contribution is -0.116. The molecule has 0 aliphatic carbocycles. The molecule has 122 valence electrons. The maximum atomic E-state index is 12.4. The van der Waals surface area contributed by atoms with Crippen LogP contribution in [0, 0.1) is 6.92 Å². The summed E-state index contributed by atoms with van der Waals surface area (Å²) in [5.41, 5.74) is 4.28. The smallest absolute Gasteiger partial charge is 0.224 e. The lowest BCUT2D eigenvalue weighted by Gasteiger charge is -2.16. The number of ether oxygens (including phenoxy) is 1. The summed E-state index contributed by atoms with van der Waals surface area (Å²) in [6.07, 6.45) is 1.10. The lowest BCUT2D eigenvalue weighted by atomic mass is 9.98. The zero-order valence-corrected chi connectivity index (χ0v) is 14.3. The van der Waals surface area contributed by atoms with Gasteiger partial charge >= 0.3 is 0 Å². The second-order valence-electron chi connectivity index (χ2n) is 6.05. The van der Waals surface area contributed by atoms with E-state index in [1.807, 2.05) is 43.3 Å². The summed E-state index contributed by atoms with van der Waals surface area (Å²) in [5.74, 6) is 1.24. The molecule has 3 nitrogen and oxygen atoms in total. The van der Waals surface area contributed by atoms with Crippen molar-refractivity contribution in [1.29, 1.82) is 0 Å². The lowest BCUT2D eigenvalue weighted by Crippen LogP contribution is -2.15. The molecule has 0 fully saturated rings. The van der Waals surface area contributed by atoms with Crippen molar-refractivity contribution in [3.8, 4) is 5.75 Å². The van der Waals surface area contributed by atoms with Crippen molar-refractivity contribution in [1.82, 2.24) is 0 Å². The van der Waals surface area contributed by atoms with Gasteiger partial charge in [0.05, 0.1) is 7.11 Å². The SMILES string of the molecule is COc1ccccc1CCC(=O)Nc1c(C)cccc1C(C)C. The molecule has 0 saturated heterocycles. The van der Waals surface area contributed by atoms with E-state index in [1.54, 1.807) is 7.11 Å². The molecule has 0 unspecified atom stereocenters. The third-order valence-electron chi connectivity index (χ3n) is 4.01. The van der Waals surface area contributed by atoms with Crippen LogP contribution in [0.4, 0.5) is 5.69 Å². The Bertz CT molecular complexity index is 677. The summed E-state index contributed by atoms with van der Waals surface area (Å²) in [7, 11) is 1.65. The quantitative estimate of drug-likeness (QED) is 0.840. The van der Waals surface area contributed by atoms with Gasteiger partial charge in [0.25, 0.3) is 0 Å². The first kappa shape index (κ1) is 17.1. The molecule has 1 amide bonds. The highest BCUT2D eigenvalue weighted by molar-refractivity contribution is 5.92. The monoisotopic (exact) mass is 311 g/mol. The number of anilines is 1. The largest absolute Gasteiger partial charge is 0.496 e. The number of para-hydroxylation sites is 2. The van der Waals surface area contributed by atoms with Crippen LogP contribution in [0.5, 0.6) is 5.75 Å². The highest BCUT2D eigenvalue weighted by Gasteiger charge is 2.12. The molecule has 0 aliphatic heterocycles. The normalized spacial score (nSPS) is 10.7. The summed E-state index contributed by atoms with van der Waals surface area (Å²) in [6.45, 7) is 6.31. The van der Waals surface area contributed by atoms with Crippen LogP contribution in [0.3, 0.4) is 0 Å². The number of carbonyl (C=O) groups excluding carboxylic acids is 1. The average Bonchev–Trinajstić information content (AvgIpc) is 2.54. The third-order valence-corrected chi connectivity index (χ3v) is 4.01. The van der Waals surface area contributed by atoms with E-state index >= 15 is 0 Å². The molecule has 0 atom stereocenters. The Morgan fingerprint density at radius 1 is 1.13 bits per heavy atom. The molecule has 2 aromatic carbocycles. The van der Waals surface area contributed by atoms with E-state index < -0.39 is 0 Å². The zero-order valence-electron chi connectivity index (χ0n) is 14.3. The number of nitrogens with one attached hydrogen (secondary N) is 1. The summed E-state index contributed by atoms with van der Waals surface area (Å²) in [4.78, 5) is 12.4. The van der Waals surface area contributed by atoms with Crippen LogP contribution in [0.25, 0.3) is 0 Å². The molecular weight excluding hydrogens is 286 g/mol. The molecule has 0 bridgehead atoms. The molecule has 2 rings (SSSR count). The van der Waals surface area contributed by atoms with Gasteiger partial charge in [0.2, 0.25) is 5.91 Å². The molecular formula is C20H25NO2. The molecule has 0 aliphatic rings. The van der Waals surface area contributed by atoms with E-state index in [1.165, 1.54) is 5.56 Å². The number of methoxy groups -OCH3 is 1. The van der Waals surface area contributed by atoms with Crippen molar-refractivity contribution in [2.45, 2.75) is 39.5 Å². The van der Waals surface area contributed by atoms with E-state index in [0.717, 1.165) is 22.6 Å². The summed E-state index contributed by atoms with van der Waals surface area (Å²) >= 11 is 0. The van der Waals surface area contributed by atoms with E-state index in [0.29, 0.717) is 18.8 Å². The maximum absolute atomic E-state index is 12.4. The first-order valence-electron chi connectivity index (χ1n) is 8.04. The van der Waals surface area contributed by atoms with Gasteiger partial charge in [-0.25, -0.2) is 0 Å². The zero-order chi connectivity index (χ0) is 16.8. The second kappa shape index (κ2) is 7.82. The number of hydrogen-bond donors (Lipinski definition) is 1. The fraction of sp³-hybridized carbons (Fsp3) is 0.350. The van der Waals surface area contributed by atoms with Crippen LogP contribution in [0.1, 0.15) is 42.9 Å². The summed E-state index contributed by atoms with van der Waals surface area (Å²) < 4.78 is 5.33. The highest BCUT2D eigenvalue weighted by atomic mass is 16.5. The Morgan fingerprint density at radius 3 is 2.57 bits per heavy atom. The van der Waals surface area contributed by atoms with Gasteiger partial charge in [-0.2, -0.15) is 0 Å². The van der Waals surface area contributed by atoms with E-state index in [9.17, 15) is 4.79 Å². The van der Waals surface area contributed by atoms with Crippen molar-refractivity contribution >= 4 is 11.6 Å². The van der Waals surface area contributed by atoms with E-state index in [2.05, 4.69) is 25.2 Å². The second-order valence-corrected chi connectivity index (χ2v) is 6.05. The predicted molar refractivity (Wildman–Crippen MR) is 95.2 cm³/mol. The number of amides is 1. The minimum atomic E-state index is 0.0344. The van der Waals surface area contributed by atoms with Crippen molar-refractivity contribution in [2.24, 2.45) is 0 Å². The van der Waals surface area contributed by atoms with Crippen molar-refractivity contribution in [2.75, 3.05) is 12.4 Å². The Morgan fingerprint density at radius 2 is 1.87 bits per heavy atom. The predicted octanol–water partition coefficient (Wildman–Crippen LogP) is 4.70. The molecule has 0 aromatic heterocycles. The summed E-state index contributed by atoms with van der Waals surface area (Å²) in [5, 5.41) is 3.09. The summed E-state index contributed by atoms with van der Waals surface area (Å²) in [6, 6.07) is 14.0. The molecule has 3 heteroatoms. The van der Waals surface area contributed by atoms with Gasteiger partial charge in [0.1, 0.15) is 5.75 Å². The topological polar surface area (TPSA) is 38.3 Å². The number of benzene rings is 2. The van der Waals surface area contributed by atoms with Crippen LogP contribution >= 0.6 is 0 Å². The maximum Gasteiger partial charge on any atom is 0.224 e. The van der Waals surface area contributed by atoms with Gasteiger partial charge in [0, 0.05) is 12.1 Å². The highest BCUT2D eigenvalue weighted by Crippen LogP contribution is 2.27. The Hall–Kier alpha value is -2.29. The molecule has 0 spiro atoms. The van der Waals surface area contributed by atoms with Gasteiger partial charge in [-0.1, -0.05) is 50.2 Å². The van der Waals surface area contributed by atoms with Gasteiger partial charge in [-0.05, 0) is 42.0 Å². The molecule has 0 saturated carbocycles. The van der Waals surface area contributed by atoms with E-state index in [4.69, 9.17) is 4.74 Å². The van der Waals surface area contributed by atoms with Crippen LogP contribution in [0.2, 0.25) is 0 Å². The first-order valence-corrected chi connectivity index (χ1v) is 8.04. The number of carbonyl (C=O) groups is 1. The Kier molecular flexibility index (Phi) is 5.80. The standard InChI is InChI=1S/C20H25NO2/c1-14(2)17-10-7-8-15(3)20(17)21-19(22)13-12-16-9-5-6-11-18(16)23-4/h5-11,14H,12-13H2,1-4H3,(H,21,22). The van der Waals surface area contributed by atoms with Gasteiger partial charge in [-0.15, -0.1) is 0 Å². The fourth-order valence-electron chi connectivity index (χ4n) is 2.70. The van der Waals surface area contributed by atoms with Gasteiger partial charge in [0.15, 0.2) is 0 Å². The fourth-order valence-corrected chi connectivity index (χ4v) is 2.70. The van der Waals surface area contributed by atoms with Gasteiger partial charge < -0.3 is 10.1 Å². The first-order chi connectivity index (χ1) is 11.0. The number of rotatable bonds is 6. The number of hydrogen-bond acceptors (Lipinski definition) is 2. The minimum Gasteiger partial charge on any atom is -0.496 e. The van der Waals surface area contributed by atoms with Crippen molar-refractivity contribution in [3.63, 3.8) is 0 Å². The Balaban J connectivity index is 2.06. The van der Waals surface area contributed by atoms with Crippen LogP contribution in [-0.4, -0.2) is 13.0 Å². The van der Waals surface area contributed by atoms with Gasteiger partial charge in [-0.3, -0.25) is 4.79 Å². The molecule has 0 radical (unpaired) electrons. The van der Waals surface area contributed by atoms with Crippen LogP contribution in [0.15, 0.2) is 42.5 Å².